The van der Waals surface area contributed by atoms with E-state index < -0.39 is 0 Å². The molecule has 1 unspecified atom stereocenters. The lowest BCUT2D eigenvalue weighted by Gasteiger charge is -2.13. The van der Waals surface area contributed by atoms with Crippen LogP contribution in [0, 0.1) is 5.92 Å². The lowest BCUT2D eigenvalue weighted by molar-refractivity contribution is 0.0888. The number of nitrogens with zero attached hydrogens (tertiary/aromatic N) is 1. The van der Waals surface area contributed by atoms with E-state index in [9.17, 15) is 0 Å². The number of halogens is 1. The maximum absolute atomic E-state index is 5.82. The Bertz CT molecular complexity index is 735. The second kappa shape index (κ2) is 14.2. The molecule has 7 heteroatoms. The van der Waals surface area contributed by atoms with Crippen LogP contribution in [-0.2, 0) is 16.0 Å². The average Bonchev–Trinajstić information content (AvgIpc) is 3.28. The zero-order valence-electron chi connectivity index (χ0n) is 17.5. The summed E-state index contributed by atoms with van der Waals surface area (Å²) in [5.41, 5.74) is 1.16. The van der Waals surface area contributed by atoms with Gasteiger partial charge in [-0.15, -0.1) is 24.0 Å². The number of ether oxygens (including phenoxy) is 3. The van der Waals surface area contributed by atoms with Crippen molar-refractivity contribution < 1.29 is 14.2 Å². The standard InChI is InChI=1S/C23H31N3O3.HI/c1-24-23(25-13-5-14-27-17-20-12-15-28-18-20)26-16-19-8-10-22(11-9-19)29-21-6-3-2-4-7-21;/h2-4,6-11,20H,5,12-18H2,1H3,(H2,24,25,26);1H. The van der Waals surface area contributed by atoms with Gasteiger partial charge in [-0.2, -0.15) is 0 Å². The van der Waals surface area contributed by atoms with Crippen molar-refractivity contribution in [1.82, 2.24) is 10.6 Å². The number of hydrogen-bond acceptors (Lipinski definition) is 4. The first-order valence-corrected chi connectivity index (χ1v) is 10.3. The Morgan fingerprint density at radius 2 is 1.83 bits per heavy atom. The number of nitrogens with one attached hydrogen (secondary N) is 2. The number of benzene rings is 2. The van der Waals surface area contributed by atoms with E-state index >= 15 is 0 Å². The molecular formula is C23H32IN3O3. The van der Waals surface area contributed by atoms with Gasteiger partial charge in [0, 0.05) is 39.3 Å². The molecule has 3 rings (SSSR count). The van der Waals surface area contributed by atoms with Gasteiger partial charge in [-0.05, 0) is 42.7 Å². The first kappa shape index (κ1) is 24.4. The topological polar surface area (TPSA) is 64.1 Å². The Morgan fingerprint density at radius 1 is 1.07 bits per heavy atom. The fourth-order valence-corrected chi connectivity index (χ4v) is 3.05. The van der Waals surface area contributed by atoms with Crippen molar-refractivity contribution in [3.05, 3.63) is 60.2 Å². The largest absolute Gasteiger partial charge is 0.457 e. The molecule has 0 saturated carbocycles. The fourth-order valence-electron chi connectivity index (χ4n) is 3.05. The van der Waals surface area contributed by atoms with Crippen molar-refractivity contribution in [2.75, 3.05) is 40.0 Å². The number of hydrogen-bond donors (Lipinski definition) is 2. The van der Waals surface area contributed by atoms with Crippen LogP contribution < -0.4 is 15.4 Å². The molecule has 1 heterocycles. The second-order valence-corrected chi connectivity index (χ2v) is 7.07. The third kappa shape index (κ3) is 8.89. The maximum Gasteiger partial charge on any atom is 0.191 e. The average molecular weight is 525 g/mol. The minimum Gasteiger partial charge on any atom is -0.457 e. The van der Waals surface area contributed by atoms with Gasteiger partial charge in [0.25, 0.3) is 0 Å². The van der Waals surface area contributed by atoms with Crippen molar-refractivity contribution in [2.45, 2.75) is 19.4 Å². The van der Waals surface area contributed by atoms with Crippen molar-refractivity contribution in [3.63, 3.8) is 0 Å². The van der Waals surface area contributed by atoms with Gasteiger partial charge in [-0.1, -0.05) is 30.3 Å². The van der Waals surface area contributed by atoms with Gasteiger partial charge >= 0.3 is 0 Å². The first-order chi connectivity index (χ1) is 14.3. The summed E-state index contributed by atoms with van der Waals surface area (Å²) < 4.78 is 16.9. The predicted octanol–water partition coefficient (Wildman–Crippen LogP) is 4.21. The SMILES string of the molecule is CN=C(NCCCOCC1CCOC1)NCc1ccc(Oc2ccccc2)cc1.I. The summed E-state index contributed by atoms with van der Waals surface area (Å²) in [5.74, 6) is 3.02. The van der Waals surface area contributed by atoms with Crippen LogP contribution in [0.1, 0.15) is 18.4 Å². The smallest absolute Gasteiger partial charge is 0.191 e. The molecule has 0 spiro atoms. The van der Waals surface area contributed by atoms with Crippen LogP contribution >= 0.6 is 24.0 Å². The highest BCUT2D eigenvalue weighted by Gasteiger charge is 2.15. The number of guanidine groups is 1. The van der Waals surface area contributed by atoms with Crippen LogP contribution in [0.15, 0.2) is 59.6 Å². The van der Waals surface area contributed by atoms with Gasteiger partial charge in [0.2, 0.25) is 0 Å². The summed E-state index contributed by atoms with van der Waals surface area (Å²) in [7, 11) is 1.78. The van der Waals surface area contributed by atoms with Gasteiger partial charge in [0.1, 0.15) is 11.5 Å². The zero-order chi connectivity index (χ0) is 20.2. The lowest BCUT2D eigenvalue weighted by atomic mass is 10.1. The highest BCUT2D eigenvalue weighted by Crippen LogP contribution is 2.21. The molecule has 0 radical (unpaired) electrons. The molecule has 30 heavy (non-hydrogen) atoms. The minimum absolute atomic E-state index is 0. The molecule has 1 aliphatic heterocycles. The van der Waals surface area contributed by atoms with E-state index in [-0.39, 0.29) is 24.0 Å². The second-order valence-electron chi connectivity index (χ2n) is 7.07. The normalized spacial score (nSPS) is 16.0. The molecule has 6 nitrogen and oxygen atoms in total. The molecule has 1 saturated heterocycles. The van der Waals surface area contributed by atoms with Gasteiger partial charge in [-0.3, -0.25) is 4.99 Å². The van der Waals surface area contributed by atoms with E-state index in [1.54, 1.807) is 7.05 Å². The molecule has 2 N–H and O–H groups in total. The lowest BCUT2D eigenvalue weighted by Crippen LogP contribution is -2.37. The summed E-state index contributed by atoms with van der Waals surface area (Å²) in [6.07, 6.45) is 2.06. The van der Waals surface area contributed by atoms with E-state index in [2.05, 4.69) is 27.8 Å². The molecule has 2 aromatic carbocycles. The van der Waals surface area contributed by atoms with E-state index in [1.807, 2.05) is 42.5 Å². The van der Waals surface area contributed by atoms with E-state index in [0.29, 0.717) is 12.5 Å². The van der Waals surface area contributed by atoms with Crippen molar-refractivity contribution in [3.8, 4) is 11.5 Å². The van der Waals surface area contributed by atoms with Gasteiger partial charge in [0.15, 0.2) is 5.96 Å². The van der Waals surface area contributed by atoms with E-state index in [0.717, 1.165) is 68.8 Å². The molecule has 0 bridgehead atoms. The Balaban J connectivity index is 0.00000320. The van der Waals surface area contributed by atoms with E-state index in [1.165, 1.54) is 0 Å². The molecule has 1 fully saturated rings. The number of rotatable bonds is 10. The summed E-state index contributed by atoms with van der Waals surface area (Å²) >= 11 is 0. The number of aliphatic imine (C=N–C) groups is 1. The molecule has 0 aromatic heterocycles. The fraction of sp³-hybridized carbons (Fsp3) is 0.435. The highest BCUT2D eigenvalue weighted by atomic mass is 127. The van der Waals surface area contributed by atoms with Crippen molar-refractivity contribution in [1.29, 1.82) is 0 Å². The Hall–Kier alpha value is -1.84. The molecule has 164 valence electrons. The van der Waals surface area contributed by atoms with Gasteiger partial charge < -0.3 is 24.8 Å². The van der Waals surface area contributed by atoms with Gasteiger partial charge in [-0.25, -0.2) is 0 Å². The zero-order valence-corrected chi connectivity index (χ0v) is 19.8. The van der Waals surface area contributed by atoms with Gasteiger partial charge in [0.05, 0.1) is 13.2 Å². The van der Waals surface area contributed by atoms with Crippen molar-refractivity contribution >= 4 is 29.9 Å². The minimum atomic E-state index is 0. The molecular weight excluding hydrogens is 493 g/mol. The molecule has 0 amide bonds. The van der Waals surface area contributed by atoms with E-state index in [4.69, 9.17) is 14.2 Å². The third-order valence-corrected chi connectivity index (χ3v) is 4.72. The predicted molar refractivity (Wildman–Crippen MR) is 131 cm³/mol. The summed E-state index contributed by atoms with van der Waals surface area (Å²) in [4.78, 5) is 4.27. The van der Waals surface area contributed by atoms with Crippen LogP contribution in [0.3, 0.4) is 0 Å². The molecule has 1 atom stereocenters. The van der Waals surface area contributed by atoms with Crippen LogP contribution in [0.25, 0.3) is 0 Å². The summed E-state index contributed by atoms with van der Waals surface area (Å²) in [6.45, 7) is 4.79. The highest BCUT2D eigenvalue weighted by molar-refractivity contribution is 14.0. The Kier molecular flexibility index (Phi) is 11.6. The monoisotopic (exact) mass is 525 g/mol. The van der Waals surface area contributed by atoms with Crippen LogP contribution in [0.2, 0.25) is 0 Å². The Labute approximate surface area is 196 Å². The quantitative estimate of drug-likeness (QED) is 0.211. The van der Waals surface area contributed by atoms with Crippen LogP contribution in [-0.4, -0.2) is 46.0 Å². The Morgan fingerprint density at radius 3 is 2.53 bits per heavy atom. The molecule has 1 aliphatic rings. The van der Waals surface area contributed by atoms with Crippen LogP contribution in [0.5, 0.6) is 11.5 Å². The van der Waals surface area contributed by atoms with Crippen LogP contribution in [0.4, 0.5) is 0 Å². The number of para-hydroxylation sites is 1. The third-order valence-electron chi connectivity index (χ3n) is 4.72. The first-order valence-electron chi connectivity index (χ1n) is 10.3. The molecule has 2 aromatic rings. The molecule has 0 aliphatic carbocycles. The summed E-state index contributed by atoms with van der Waals surface area (Å²) in [5, 5.41) is 6.65. The van der Waals surface area contributed by atoms with Crippen molar-refractivity contribution in [2.24, 2.45) is 10.9 Å². The maximum atomic E-state index is 5.82. The summed E-state index contributed by atoms with van der Waals surface area (Å²) in [6, 6.07) is 17.9.